The number of rotatable bonds is 7. The van der Waals surface area contributed by atoms with Gasteiger partial charge in [-0.2, -0.15) is 0 Å². The fourth-order valence-corrected chi connectivity index (χ4v) is 4.94. The number of nitrogens with one attached hydrogen (secondary N) is 2. The van der Waals surface area contributed by atoms with Gasteiger partial charge in [-0.15, -0.1) is 24.0 Å². The summed E-state index contributed by atoms with van der Waals surface area (Å²) in [4.78, 5) is 7.36. The fraction of sp³-hybridized carbons (Fsp3) is 0.375. The first-order valence-corrected chi connectivity index (χ1v) is 12.4. The third kappa shape index (κ3) is 6.55. The molecule has 0 saturated heterocycles. The molecule has 0 amide bonds. The lowest BCUT2D eigenvalue weighted by molar-refractivity contribution is 0.440. The van der Waals surface area contributed by atoms with Crippen LogP contribution in [0.2, 0.25) is 0 Å². The predicted octanol–water partition coefficient (Wildman–Crippen LogP) is 4.00. The highest BCUT2D eigenvalue weighted by Gasteiger charge is 2.27. The fourth-order valence-electron chi connectivity index (χ4n) is 3.63. The Morgan fingerprint density at radius 1 is 1.09 bits per heavy atom. The first kappa shape index (κ1) is 24.7. The third-order valence-electron chi connectivity index (χ3n) is 5.53. The van der Waals surface area contributed by atoms with Crippen molar-refractivity contribution < 1.29 is 8.42 Å². The number of guanidine groups is 1. The molecule has 6 nitrogen and oxygen atoms in total. The number of benzene rings is 2. The van der Waals surface area contributed by atoms with Gasteiger partial charge in [0.05, 0.1) is 11.4 Å². The number of hydrogen-bond acceptors (Lipinski definition) is 3. The van der Waals surface area contributed by atoms with Crippen molar-refractivity contribution in [3.8, 4) is 0 Å². The van der Waals surface area contributed by atoms with E-state index in [0.29, 0.717) is 11.4 Å². The number of nitrogens with zero attached hydrogens (tertiary/aromatic N) is 2. The van der Waals surface area contributed by atoms with Gasteiger partial charge in [-0.25, -0.2) is 18.1 Å². The molecule has 0 atom stereocenters. The standard InChI is InChI=1S/C24H30N4O2S.HI/c1-2-25-24(28-16-14-21(15-17-28)20-6-4-3-5-7-20)26-18-19-8-12-23(13-9-19)31(29,30)27-22-10-11-22;/h3-9,12-14,22,27H,2,10-11,15-18H2,1H3,(H,25,26);1H. The second kappa shape index (κ2) is 11.3. The van der Waals surface area contributed by atoms with E-state index >= 15 is 0 Å². The molecule has 1 aliphatic heterocycles. The van der Waals surface area contributed by atoms with Crippen molar-refractivity contribution in [2.75, 3.05) is 19.6 Å². The molecule has 172 valence electrons. The van der Waals surface area contributed by atoms with Crippen molar-refractivity contribution >= 4 is 45.5 Å². The number of sulfonamides is 1. The van der Waals surface area contributed by atoms with Gasteiger partial charge in [0, 0.05) is 25.7 Å². The summed E-state index contributed by atoms with van der Waals surface area (Å²) < 4.78 is 27.4. The van der Waals surface area contributed by atoms with E-state index in [1.54, 1.807) is 12.1 Å². The van der Waals surface area contributed by atoms with Gasteiger partial charge in [-0.3, -0.25) is 0 Å². The van der Waals surface area contributed by atoms with Crippen LogP contribution in [-0.4, -0.2) is 45.0 Å². The minimum absolute atomic E-state index is 0. The second-order valence-electron chi connectivity index (χ2n) is 8.00. The van der Waals surface area contributed by atoms with Gasteiger partial charge in [0.15, 0.2) is 5.96 Å². The lowest BCUT2D eigenvalue weighted by Crippen LogP contribution is -2.43. The molecule has 4 rings (SSSR count). The van der Waals surface area contributed by atoms with Crippen LogP contribution in [0.25, 0.3) is 5.57 Å². The molecule has 2 aromatic carbocycles. The molecule has 2 N–H and O–H groups in total. The van der Waals surface area contributed by atoms with Crippen molar-refractivity contribution in [3.63, 3.8) is 0 Å². The second-order valence-corrected chi connectivity index (χ2v) is 9.72. The van der Waals surface area contributed by atoms with Crippen molar-refractivity contribution in [2.45, 2.75) is 43.7 Å². The molecule has 1 saturated carbocycles. The first-order chi connectivity index (χ1) is 15.0. The monoisotopic (exact) mass is 566 g/mol. The van der Waals surface area contributed by atoms with Crippen LogP contribution in [0.15, 0.2) is 70.6 Å². The van der Waals surface area contributed by atoms with Crippen molar-refractivity contribution in [1.29, 1.82) is 0 Å². The maximum atomic E-state index is 12.3. The summed E-state index contributed by atoms with van der Waals surface area (Å²) >= 11 is 0. The van der Waals surface area contributed by atoms with Crippen LogP contribution in [0, 0.1) is 0 Å². The lowest BCUT2D eigenvalue weighted by Gasteiger charge is -2.30. The highest BCUT2D eigenvalue weighted by molar-refractivity contribution is 14.0. The number of hydrogen-bond donors (Lipinski definition) is 2. The molecule has 0 radical (unpaired) electrons. The van der Waals surface area contributed by atoms with E-state index in [1.807, 2.05) is 18.2 Å². The van der Waals surface area contributed by atoms with Crippen LogP contribution in [0.1, 0.15) is 37.3 Å². The summed E-state index contributed by atoms with van der Waals surface area (Å²) in [5.41, 5.74) is 3.65. The molecule has 1 heterocycles. The van der Waals surface area contributed by atoms with Crippen LogP contribution in [0.3, 0.4) is 0 Å². The predicted molar refractivity (Wildman–Crippen MR) is 141 cm³/mol. The van der Waals surface area contributed by atoms with Gasteiger partial charge in [0.1, 0.15) is 0 Å². The van der Waals surface area contributed by atoms with Crippen molar-refractivity contribution in [3.05, 3.63) is 71.8 Å². The summed E-state index contributed by atoms with van der Waals surface area (Å²) in [6.45, 7) is 5.10. The largest absolute Gasteiger partial charge is 0.356 e. The van der Waals surface area contributed by atoms with E-state index in [1.165, 1.54) is 11.1 Å². The normalized spacial score (nSPS) is 16.8. The summed E-state index contributed by atoms with van der Waals surface area (Å²) in [5, 5.41) is 3.38. The Labute approximate surface area is 208 Å². The van der Waals surface area contributed by atoms with Crippen molar-refractivity contribution in [1.82, 2.24) is 14.9 Å². The Kier molecular flexibility index (Phi) is 8.72. The highest BCUT2D eigenvalue weighted by atomic mass is 127. The third-order valence-corrected chi connectivity index (χ3v) is 7.07. The minimum Gasteiger partial charge on any atom is -0.356 e. The SMILES string of the molecule is CCNC(=NCc1ccc(S(=O)(=O)NC2CC2)cc1)N1CC=C(c2ccccc2)CC1.I. The Morgan fingerprint density at radius 2 is 1.81 bits per heavy atom. The number of aliphatic imine (C=N–C) groups is 1. The first-order valence-electron chi connectivity index (χ1n) is 10.9. The number of halogens is 1. The Bertz CT molecular complexity index is 1050. The molecule has 32 heavy (non-hydrogen) atoms. The molecule has 0 spiro atoms. The van der Waals surface area contributed by atoms with E-state index in [0.717, 1.165) is 50.4 Å². The molecule has 1 fully saturated rings. The molecular weight excluding hydrogens is 535 g/mol. The zero-order valence-electron chi connectivity index (χ0n) is 18.3. The quantitative estimate of drug-likeness (QED) is 0.302. The van der Waals surface area contributed by atoms with Crippen LogP contribution in [0.4, 0.5) is 0 Å². The van der Waals surface area contributed by atoms with E-state index in [4.69, 9.17) is 4.99 Å². The maximum Gasteiger partial charge on any atom is 0.240 e. The molecule has 0 aromatic heterocycles. The van der Waals surface area contributed by atoms with E-state index in [2.05, 4.69) is 52.2 Å². The van der Waals surface area contributed by atoms with Crippen LogP contribution < -0.4 is 10.0 Å². The topological polar surface area (TPSA) is 73.8 Å². The summed E-state index contributed by atoms with van der Waals surface area (Å²) in [7, 11) is -3.41. The van der Waals surface area contributed by atoms with E-state index < -0.39 is 10.0 Å². The van der Waals surface area contributed by atoms with Crippen LogP contribution in [-0.2, 0) is 16.6 Å². The average molecular weight is 567 g/mol. The summed E-state index contributed by atoms with van der Waals surface area (Å²) in [6.07, 6.45) is 5.11. The van der Waals surface area contributed by atoms with Gasteiger partial charge in [-0.1, -0.05) is 48.5 Å². The smallest absolute Gasteiger partial charge is 0.240 e. The Balaban J connectivity index is 0.00000289. The minimum atomic E-state index is -3.41. The van der Waals surface area contributed by atoms with Gasteiger partial charge >= 0.3 is 0 Å². The Morgan fingerprint density at radius 3 is 2.41 bits per heavy atom. The summed E-state index contributed by atoms with van der Waals surface area (Å²) in [6, 6.07) is 17.6. The van der Waals surface area contributed by atoms with E-state index in [-0.39, 0.29) is 30.0 Å². The van der Waals surface area contributed by atoms with Gasteiger partial charge in [0.2, 0.25) is 10.0 Å². The average Bonchev–Trinajstić information content (AvgIpc) is 3.61. The Hall–Kier alpha value is -1.91. The van der Waals surface area contributed by atoms with Gasteiger partial charge in [0.25, 0.3) is 0 Å². The summed E-state index contributed by atoms with van der Waals surface area (Å²) in [5.74, 6) is 0.887. The molecule has 2 aliphatic rings. The van der Waals surface area contributed by atoms with Crippen molar-refractivity contribution in [2.24, 2.45) is 4.99 Å². The zero-order chi connectivity index (χ0) is 21.7. The van der Waals surface area contributed by atoms with Gasteiger partial charge in [-0.05, 0) is 55.0 Å². The van der Waals surface area contributed by atoms with Crippen LogP contribution >= 0.6 is 24.0 Å². The van der Waals surface area contributed by atoms with E-state index in [9.17, 15) is 8.42 Å². The molecule has 1 aliphatic carbocycles. The lowest BCUT2D eigenvalue weighted by atomic mass is 10.00. The molecule has 8 heteroatoms. The van der Waals surface area contributed by atoms with Gasteiger partial charge < -0.3 is 10.2 Å². The zero-order valence-corrected chi connectivity index (χ0v) is 21.5. The van der Waals surface area contributed by atoms with Crippen LogP contribution in [0.5, 0.6) is 0 Å². The molecule has 0 unspecified atom stereocenters. The molecular formula is C24H31IN4O2S. The molecule has 0 bridgehead atoms. The maximum absolute atomic E-state index is 12.3. The highest BCUT2D eigenvalue weighted by Crippen LogP contribution is 2.23. The molecule has 2 aromatic rings.